The fourth-order valence-electron chi connectivity index (χ4n) is 2.03. The zero-order valence-corrected chi connectivity index (χ0v) is 11.4. The van der Waals surface area contributed by atoms with Crippen molar-refractivity contribution in [1.82, 2.24) is 9.97 Å². The van der Waals surface area contributed by atoms with Gasteiger partial charge < -0.3 is 10.0 Å². The molecule has 0 spiro atoms. The van der Waals surface area contributed by atoms with Crippen molar-refractivity contribution < 1.29 is 9.50 Å². The number of hydrogen-bond donors (Lipinski definition) is 2. The van der Waals surface area contributed by atoms with Gasteiger partial charge in [-0.2, -0.15) is 4.98 Å². The second-order valence-electron chi connectivity index (χ2n) is 4.27. The highest BCUT2D eigenvalue weighted by Crippen LogP contribution is 2.25. The lowest BCUT2D eigenvalue weighted by atomic mass is 10.1. The summed E-state index contributed by atoms with van der Waals surface area (Å²) >= 11 is 0. The maximum Gasteiger partial charge on any atom is 0.264 e. The molecular weight excluding hydrogens is 261 g/mol. The third-order valence-corrected chi connectivity index (χ3v) is 3.06. The van der Waals surface area contributed by atoms with Gasteiger partial charge in [0.1, 0.15) is 11.4 Å². The number of halogens is 1. The summed E-state index contributed by atoms with van der Waals surface area (Å²) in [7, 11) is 0. The monoisotopic (exact) mass is 277 g/mol. The zero-order chi connectivity index (χ0) is 14.7. The second kappa shape index (κ2) is 5.73. The standard InChI is InChI=1S/C14H16FN3O2/c1-3-18(4-2)14-16-12(19)11(13(20)17-14)9-6-5-7-10(15)8-9/h5-8H,3-4H2,1-2H3,(H2,16,17,19,20). The Hall–Kier alpha value is -2.37. The maximum atomic E-state index is 13.2. The highest BCUT2D eigenvalue weighted by molar-refractivity contribution is 5.68. The van der Waals surface area contributed by atoms with Gasteiger partial charge in [0, 0.05) is 13.1 Å². The van der Waals surface area contributed by atoms with E-state index in [2.05, 4.69) is 9.97 Å². The molecule has 6 heteroatoms. The Bertz CT molecular complexity index is 666. The SMILES string of the molecule is CCN(CC)c1nc(O)c(-c2cccc(F)c2)c(=O)[nH]1. The van der Waals surface area contributed by atoms with E-state index in [0.29, 0.717) is 24.6 Å². The first-order chi connectivity index (χ1) is 9.56. The quantitative estimate of drug-likeness (QED) is 0.898. The van der Waals surface area contributed by atoms with Crippen molar-refractivity contribution in [3.8, 4) is 17.0 Å². The molecule has 0 radical (unpaired) electrons. The summed E-state index contributed by atoms with van der Waals surface area (Å²) in [6, 6.07) is 5.48. The summed E-state index contributed by atoms with van der Waals surface area (Å²) in [5.41, 5.74) is -0.229. The molecule has 1 aromatic heterocycles. The number of nitrogens with zero attached hydrogens (tertiary/aromatic N) is 2. The Morgan fingerprint density at radius 1 is 1.35 bits per heavy atom. The molecule has 1 aromatic carbocycles. The van der Waals surface area contributed by atoms with Crippen LogP contribution in [0, 0.1) is 5.82 Å². The van der Waals surface area contributed by atoms with E-state index in [0.717, 1.165) is 0 Å². The third kappa shape index (κ3) is 2.64. The summed E-state index contributed by atoms with van der Waals surface area (Å²) in [4.78, 5) is 20.5. The molecule has 2 N–H and O–H groups in total. The summed E-state index contributed by atoms with van der Waals surface area (Å²) < 4.78 is 13.2. The number of hydrogen-bond acceptors (Lipinski definition) is 4. The van der Waals surface area contributed by atoms with Crippen LogP contribution in [0.3, 0.4) is 0 Å². The predicted octanol–water partition coefficient (Wildman–Crippen LogP) is 2.13. The molecule has 0 aliphatic carbocycles. The van der Waals surface area contributed by atoms with Crippen molar-refractivity contribution >= 4 is 5.95 Å². The molecule has 0 fully saturated rings. The molecule has 0 bridgehead atoms. The van der Waals surface area contributed by atoms with Crippen molar-refractivity contribution in [2.75, 3.05) is 18.0 Å². The Balaban J connectivity index is 2.55. The van der Waals surface area contributed by atoms with Gasteiger partial charge >= 0.3 is 0 Å². The molecule has 106 valence electrons. The number of benzene rings is 1. The van der Waals surface area contributed by atoms with Gasteiger partial charge in [-0.25, -0.2) is 4.39 Å². The van der Waals surface area contributed by atoms with Gasteiger partial charge in [0.05, 0.1) is 0 Å². The molecule has 2 rings (SSSR count). The first-order valence-corrected chi connectivity index (χ1v) is 6.41. The van der Waals surface area contributed by atoms with Crippen LogP contribution >= 0.6 is 0 Å². The highest BCUT2D eigenvalue weighted by atomic mass is 19.1. The second-order valence-corrected chi connectivity index (χ2v) is 4.27. The van der Waals surface area contributed by atoms with Gasteiger partial charge in [0.15, 0.2) is 0 Å². The molecule has 1 heterocycles. The summed E-state index contributed by atoms with van der Waals surface area (Å²) in [6.45, 7) is 5.14. The van der Waals surface area contributed by atoms with Gasteiger partial charge in [-0.1, -0.05) is 12.1 Å². The Morgan fingerprint density at radius 2 is 2.05 bits per heavy atom. The van der Waals surface area contributed by atoms with Crippen LogP contribution in [0.25, 0.3) is 11.1 Å². The highest BCUT2D eigenvalue weighted by Gasteiger charge is 2.15. The van der Waals surface area contributed by atoms with Crippen molar-refractivity contribution in [2.45, 2.75) is 13.8 Å². The van der Waals surface area contributed by atoms with E-state index in [9.17, 15) is 14.3 Å². The number of aromatic amines is 1. The lowest BCUT2D eigenvalue weighted by Gasteiger charge is -2.19. The Morgan fingerprint density at radius 3 is 2.60 bits per heavy atom. The van der Waals surface area contributed by atoms with Gasteiger partial charge in [-0.05, 0) is 31.5 Å². The van der Waals surface area contributed by atoms with E-state index < -0.39 is 17.3 Å². The number of anilines is 1. The van der Waals surface area contributed by atoms with Crippen molar-refractivity contribution in [3.05, 3.63) is 40.4 Å². The molecule has 0 saturated heterocycles. The minimum Gasteiger partial charge on any atom is -0.493 e. The predicted molar refractivity (Wildman–Crippen MR) is 75.5 cm³/mol. The van der Waals surface area contributed by atoms with Crippen molar-refractivity contribution in [1.29, 1.82) is 0 Å². The van der Waals surface area contributed by atoms with E-state index >= 15 is 0 Å². The van der Waals surface area contributed by atoms with Gasteiger partial charge in [0.25, 0.3) is 5.56 Å². The molecule has 0 unspecified atom stereocenters. The summed E-state index contributed by atoms with van der Waals surface area (Å²) in [5.74, 6) is -0.576. The van der Waals surface area contributed by atoms with Crippen LogP contribution in [0.1, 0.15) is 13.8 Å². The normalized spacial score (nSPS) is 10.6. The van der Waals surface area contributed by atoms with E-state index in [-0.39, 0.29) is 5.56 Å². The largest absolute Gasteiger partial charge is 0.493 e. The lowest BCUT2D eigenvalue weighted by molar-refractivity contribution is 0.453. The van der Waals surface area contributed by atoms with Crippen molar-refractivity contribution in [2.24, 2.45) is 0 Å². The zero-order valence-electron chi connectivity index (χ0n) is 11.4. The van der Waals surface area contributed by atoms with Gasteiger partial charge in [-0.15, -0.1) is 0 Å². The van der Waals surface area contributed by atoms with Crippen LogP contribution in [0.4, 0.5) is 10.3 Å². The number of rotatable bonds is 4. The first kappa shape index (κ1) is 14.0. The van der Waals surface area contributed by atoms with E-state index in [1.807, 2.05) is 13.8 Å². The van der Waals surface area contributed by atoms with Crippen LogP contribution in [0.2, 0.25) is 0 Å². The lowest BCUT2D eigenvalue weighted by Crippen LogP contribution is -2.27. The fraction of sp³-hybridized carbons (Fsp3) is 0.286. The van der Waals surface area contributed by atoms with Crippen LogP contribution in [0.15, 0.2) is 29.1 Å². The molecule has 0 amide bonds. The number of nitrogens with one attached hydrogen (secondary N) is 1. The van der Waals surface area contributed by atoms with Crippen LogP contribution in [-0.2, 0) is 0 Å². The van der Waals surface area contributed by atoms with Crippen LogP contribution < -0.4 is 10.5 Å². The number of H-pyrrole nitrogens is 1. The molecule has 0 saturated carbocycles. The molecule has 0 atom stereocenters. The third-order valence-electron chi connectivity index (χ3n) is 3.06. The van der Waals surface area contributed by atoms with E-state index in [1.54, 1.807) is 11.0 Å². The number of aromatic nitrogens is 2. The number of aromatic hydroxyl groups is 1. The Labute approximate surface area is 115 Å². The molecule has 0 aliphatic rings. The van der Waals surface area contributed by atoms with Crippen LogP contribution in [0.5, 0.6) is 5.88 Å². The smallest absolute Gasteiger partial charge is 0.264 e. The van der Waals surface area contributed by atoms with Crippen LogP contribution in [-0.4, -0.2) is 28.2 Å². The maximum absolute atomic E-state index is 13.2. The van der Waals surface area contributed by atoms with E-state index in [4.69, 9.17) is 0 Å². The Kier molecular flexibility index (Phi) is 4.02. The van der Waals surface area contributed by atoms with Gasteiger partial charge in [0.2, 0.25) is 11.8 Å². The minimum absolute atomic E-state index is 0.0274. The molecule has 0 aliphatic heterocycles. The molecule has 2 aromatic rings. The molecular formula is C14H16FN3O2. The average molecular weight is 277 g/mol. The molecule has 20 heavy (non-hydrogen) atoms. The topological polar surface area (TPSA) is 69.2 Å². The first-order valence-electron chi connectivity index (χ1n) is 6.41. The summed E-state index contributed by atoms with van der Waals surface area (Å²) in [6.07, 6.45) is 0. The van der Waals surface area contributed by atoms with Crippen molar-refractivity contribution in [3.63, 3.8) is 0 Å². The fourth-order valence-corrected chi connectivity index (χ4v) is 2.03. The summed E-state index contributed by atoms with van der Waals surface area (Å²) in [5, 5.41) is 9.98. The minimum atomic E-state index is -0.495. The van der Waals surface area contributed by atoms with Gasteiger partial charge in [-0.3, -0.25) is 9.78 Å². The average Bonchev–Trinajstić information content (AvgIpc) is 2.39. The van der Waals surface area contributed by atoms with E-state index in [1.165, 1.54) is 18.2 Å². The molecule has 5 nitrogen and oxygen atoms in total.